The number of aromatic nitrogens is 1. The number of esters is 1. The Balaban J connectivity index is 1.49. The molecule has 3 N–H and O–H groups in total. The van der Waals surface area contributed by atoms with Crippen LogP contribution >= 0.6 is 11.6 Å². The van der Waals surface area contributed by atoms with Gasteiger partial charge < -0.3 is 39.3 Å². The number of aryl methyl sites for hydroxylation is 1. The van der Waals surface area contributed by atoms with Crippen LogP contribution in [0.2, 0.25) is 0 Å². The van der Waals surface area contributed by atoms with Crippen molar-refractivity contribution in [1.82, 2.24) is 20.5 Å². The summed E-state index contributed by atoms with van der Waals surface area (Å²) < 4.78 is 16.9. The second-order valence-electron chi connectivity index (χ2n) is 13.2. The number of nitro benzene ring substituents is 1. The summed E-state index contributed by atoms with van der Waals surface area (Å²) in [6, 6.07) is 6.20. The number of nitrogens with one attached hydrogen (secondary N) is 3. The molecule has 16 nitrogen and oxygen atoms in total. The van der Waals surface area contributed by atoms with E-state index in [2.05, 4.69) is 15.6 Å². The highest BCUT2D eigenvalue weighted by Crippen LogP contribution is 2.48. The molecule has 0 unspecified atom stereocenters. The van der Waals surface area contributed by atoms with Crippen LogP contribution in [0.5, 0.6) is 5.75 Å². The molecule has 0 spiro atoms. The monoisotopic (exact) mass is 750 g/mol. The van der Waals surface area contributed by atoms with E-state index in [0.717, 1.165) is 0 Å². The fourth-order valence-corrected chi connectivity index (χ4v) is 6.84. The molecule has 1 aliphatic rings. The summed E-state index contributed by atoms with van der Waals surface area (Å²) in [4.78, 5) is 82.1. The Morgan fingerprint density at radius 3 is 2.57 bits per heavy atom. The van der Waals surface area contributed by atoms with Gasteiger partial charge in [-0.25, -0.2) is 9.59 Å². The second kappa shape index (κ2) is 16.0. The van der Waals surface area contributed by atoms with E-state index in [1.807, 2.05) is 13.8 Å². The Bertz CT molecular complexity index is 2110. The predicted molar refractivity (Wildman–Crippen MR) is 199 cm³/mol. The van der Waals surface area contributed by atoms with Crippen LogP contribution in [0.3, 0.4) is 0 Å². The van der Waals surface area contributed by atoms with Crippen molar-refractivity contribution in [2.75, 3.05) is 44.1 Å². The standard InChI is InChI=1S/C35H40BClN6O10/c1-6-41(10-9-38-31(44)22(11-17(2)3)40-34(36)47)35(48)53-25-14-23-28(29-27(33(46)51-5)18(4)39-30(25)29)20(15-37)16-42(23)32(45)26-13-19-12-21(43(49)50)7-8-24(19)52-26/h7-8,12-14,17,20,22,39H,6,9-11,15-16,36H2,1-5H3,(H,38,44)(H,40,47)/t20-,22+/m1/s1. The number of aromatic amines is 1. The van der Waals surface area contributed by atoms with Crippen LogP contribution < -0.4 is 20.3 Å². The van der Waals surface area contributed by atoms with Gasteiger partial charge in [0.25, 0.3) is 11.6 Å². The highest BCUT2D eigenvalue weighted by Gasteiger charge is 2.39. The third kappa shape index (κ3) is 7.94. The lowest BCUT2D eigenvalue weighted by Gasteiger charge is -2.23. The van der Waals surface area contributed by atoms with Gasteiger partial charge in [-0.15, -0.1) is 11.6 Å². The third-order valence-electron chi connectivity index (χ3n) is 9.01. The molecule has 0 bridgehead atoms. The van der Waals surface area contributed by atoms with Crippen molar-refractivity contribution in [2.45, 2.75) is 46.1 Å². The maximum atomic E-state index is 14.1. The van der Waals surface area contributed by atoms with E-state index < -0.39 is 34.9 Å². The molecule has 1 aliphatic heterocycles. The number of non-ortho nitro benzene ring substituents is 1. The molecule has 0 radical (unpaired) electrons. The molecule has 0 saturated carbocycles. The number of hydrogen-bond donors (Lipinski definition) is 3. The number of anilines is 1. The zero-order chi connectivity index (χ0) is 38.7. The number of benzene rings is 2. The van der Waals surface area contributed by atoms with Crippen LogP contribution in [0.15, 0.2) is 34.7 Å². The van der Waals surface area contributed by atoms with E-state index in [4.69, 9.17) is 25.5 Å². The molecular weight excluding hydrogens is 711 g/mol. The normalized spacial score (nSPS) is 14.2. The summed E-state index contributed by atoms with van der Waals surface area (Å²) >= 11 is 6.47. The van der Waals surface area contributed by atoms with Gasteiger partial charge in [-0.3, -0.25) is 24.5 Å². The lowest BCUT2D eigenvalue weighted by atomic mass is 9.95. The minimum Gasteiger partial charge on any atom is -0.465 e. The minimum atomic E-state index is -0.765. The fraction of sp³-hybridized carbons (Fsp3) is 0.400. The van der Waals surface area contributed by atoms with Gasteiger partial charge in [0, 0.05) is 72.6 Å². The third-order valence-corrected chi connectivity index (χ3v) is 9.38. The van der Waals surface area contributed by atoms with Crippen LogP contribution in [0.1, 0.15) is 65.3 Å². The molecule has 18 heteroatoms. The van der Waals surface area contributed by atoms with Gasteiger partial charge in [0.1, 0.15) is 11.6 Å². The average Bonchev–Trinajstić information content (AvgIpc) is 3.81. The summed E-state index contributed by atoms with van der Waals surface area (Å²) in [7, 11) is 2.58. The van der Waals surface area contributed by atoms with Crippen molar-refractivity contribution < 1.29 is 42.8 Å². The molecule has 0 aliphatic carbocycles. The van der Waals surface area contributed by atoms with E-state index in [0.29, 0.717) is 39.7 Å². The van der Waals surface area contributed by atoms with Crippen LogP contribution in [-0.2, 0) is 9.53 Å². The van der Waals surface area contributed by atoms with Gasteiger partial charge >= 0.3 is 12.1 Å². The Kier molecular flexibility index (Phi) is 11.7. The predicted octanol–water partition coefficient (Wildman–Crippen LogP) is 4.59. The largest absolute Gasteiger partial charge is 0.465 e. The number of nitrogens with zero attached hydrogens (tertiary/aromatic N) is 3. The molecule has 0 saturated heterocycles. The van der Waals surface area contributed by atoms with Crippen molar-refractivity contribution in [3.05, 3.63) is 63.0 Å². The summed E-state index contributed by atoms with van der Waals surface area (Å²) in [6.45, 7) is 7.72. The summed E-state index contributed by atoms with van der Waals surface area (Å²) in [5.74, 6) is -2.27. The SMILES string of the molecule is BC(=O)N[C@@H](CC(C)C)C(=O)NCCN(CC)C(=O)Oc1cc2c(c3c(C(=O)OC)c(C)[nH]c13)[C@H](CCl)CN2C(=O)c1cc2cc([N+](=O)[O-])ccc2o1. The number of hydrogen-bond acceptors (Lipinski definition) is 10. The number of furan rings is 1. The number of rotatable bonds is 13. The number of nitro groups is 1. The number of carbonyl (C=O) groups excluding carboxylic acids is 5. The molecule has 4 aromatic rings. The number of ether oxygens (including phenoxy) is 2. The maximum absolute atomic E-state index is 14.1. The Morgan fingerprint density at radius 2 is 1.94 bits per heavy atom. The summed E-state index contributed by atoms with van der Waals surface area (Å²) in [5, 5.41) is 17.5. The number of fused-ring (bicyclic) bond motifs is 4. The van der Waals surface area contributed by atoms with Crippen molar-refractivity contribution in [3.8, 4) is 5.75 Å². The van der Waals surface area contributed by atoms with E-state index >= 15 is 0 Å². The fourth-order valence-electron chi connectivity index (χ4n) is 6.59. The Hall–Kier alpha value is -5.58. The number of H-pyrrole nitrogens is 1. The number of alkyl halides is 1. The number of methoxy groups -OCH3 is 1. The van der Waals surface area contributed by atoms with Crippen LogP contribution in [-0.4, -0.2) is 97.5 Å². The first-order valence-corrected chi connectivity index (χ1v) is 17.6. The van der Waals surface area contributed by atoms with Crippen LogP contribution in [0.25, 0.3) is 21.9 Å². The second-order valence-corrected chi connectivity index (χ2v) is 13.5. The first kappa shape index (κ1) is 38.7. The number of carbonyl (C=O) groups is 5. The molecule has 4 amide bonds. The van der Waals surface area contributed by atoms with Crippen molar-refractivity contribution >= 4 is 82.4 Å². The van der Waals surface area contributed by atoms with Gasteiger partial charge in [0.15, 0.2) is 17.3 Å². The quantitative estimate of drug-likeness (QED) is 0.0569. The topological polar surface area (TPSA) is 206 Å². The lowest BCUT2D eigenvalue weighted by molar-refractivity contribution is -0.384. The molecule has 2 atom stereocenters. The molecule has 2 aromatic carbocycles. The van der Waals surface area contributed by atoms with Crippen molar-refractivity contribution in [2.24, 2.45) is 5.92 Å². The van der Waals surface area contributed by atoms with Gasteiger partial charge in [-0.05, 0) is 43.9 Å². The van der Waals surface area contributed by atoms with Crippen LogP contribution in [0, 0.1) is 23.0 Å². The van der Waals surface area contributed by atoms with Gasteiger partial charge in [0.2, 0.25) is 13.8 Å². The first-order valence-electron chi connectivity index (χ1n) is 17.0. The Labute approximate surface area is 310 Å². The van der Waals surface area contributed by atoms with Gasteiger partial charge in [-0.1, -0.05) is 13.8 Å². The van der Waals surface area contributed by atoms with Crippen molar-refractivity contribution in [1.29, 1.82) is 0 Å². The first-order chi connectivity index (χ1) is 25.2. The average molecular weight is 751 g/mol. The van der Waals surface area contributed by atoms with Gasteiger partial charge in [0.05, 0.1) is 28.8 Å². The van der Waals surface area contributed by atoms with E-state index in [1.54, 1.807) is 13.8 Å². The number of likely N-dealkylation sites (N-methyl/N-ethyl adjacent to an activating group) is 1. The zero-order valence-corrected chi connectivity index (χ0v) is 30.9. The van der Waals surface area contributed by atoms with Crippen molar-refractivity contribution in [3.63, 3.8) is 0 Å². The van der Waals surface area contributed by atoms with E-state index in [9.17, 15) is 34.1 Å². The smallest absolute Gasteiger partial charge is 0.415 e. The minimum absolute atomic E-state index is 0.0143. The van der Waals surface area contributed by atoms with Crippen LogP contribution in [0.4, 0.5) is 21.0 Å². The zero-order valence-electron chi connectivity index (χ0n) is 30.2. The molecule has 5 rings (SSSR count). The summed E-state index contributed by atoms with van der Waals surface area (Å²) in [6.07, 6.45) is -0.329. The molecular formula is C35H40BClN6O10. The van der Waals surface area contributed by atoms with Gasteiger partial charge in [-0.2, -0.15) is 0 Å². The van der Waals surface area contributed by atoms with E-state index in [-0.39, 0.29) is 78.0 Å². The van der Waals surface area contributed by atoms with E-state index in [1.165, 1.54) is 55.1 Å². The molecule has 0 fully saturated rings. The molecule has 280 valence electrons. The number of amides is 4. The Morgan fingerprint density at radius 1 is 1.21 bits per heavy atom. The highest BCUT2D eigenvalue weighted by atomic mass is 35.5. The maximum Gasteiger partial charge on any atom is 0.415 e. The summed E-state index contributed by atoms with van der Waals surface area (Å²) in [5.41, 5.74) is 1.91. The molecule has 2 aromatic heterocycles. The highest BCUT2D eigenvalue weighted by molar-refractivity contribution is 6.57. The molecule has 3 heterocycles. The number of halogens is 1. The lowest BCUT2D eigenvalue weighted by Crippen LogP contribution is -2.49. The molecule has 53 heavy (non-hydrogen) atoms.